The van der Waals surface area contributed by atoms with Crippen molar-refractivity contribution in [1.82, 2.24) is 4.98 Å². The molecule has 21 heavy (non-hydrogen) atoms. The average Bonchev–Trinajstić information content (AvgIpc) is 2.89. The van der Waals surface area contributed by atoms with E-state index in [1.807, 2.05) is 31.2 Å². The van der Waals surface area contributed by atoms with E-state index in [4.69, 9.17) is 9.52 Å². The van der Waals surface area contributed by atoms with Crippen molar-refractivity contribution in [3.8, 4) is 11.5 Å². The lowest BCUT2D eigenvalue weighted by molar-refractivity contribution is -0.138. The van der Waals surface area contributed by atoms with Gasteiger partial charge in [-0.1, -0.05) is 24.3 Å². The Labute approximate surface area is 122 Å². The maximum Gasteiger partial charge on any atom is 0.310 e. The van der Waals surface area contributed by atoms with Crippen molar-refractivity contribution in [3.63, 3.8) is 0 Å². The van der Waals surface area contributed by atoms with Gasteiger partial charge in [0.1, 0.15) is 5.52 Å². The minimum atomic E-state index is -0.850. The van der Waals surface area contributed by atoms with Crippen LogP contribution in [0.4, 0.5) is 0 Å². The fourth-order valence-corrected chi connectivity index (χ4v) is 2.28. The summed E-state index contributed by atoms with van der Waals surface area (Å²) in [6, 6.07) is 13.2. The normalized spacial score (nSPS) is 12.5. The fourth-order valence-electron chi connectivity index (χ4n) is 2.28. The molecule has 4 nitrogen and oxygen atoms in total. The monoisotopic (exact) mass is 281 g/mol. The number of hydrogen-bond donors (Lipinski definition) is 1. The molecule has 0 radical (unpaired) electrons. The van der Waals surface area contributed by atoms with Gasteiger partial charge in [-0.25, -0.2) is 4.98 Å². The number of benzene rings is 2. The molecule has 0 fully saturated rings. The van der Waals surface area contributed by atoms with Gasteiger partial charge in [0.05, 0.1) is 5.92 Å². The molecule has 0 aliphatic heterocycles. The van der Waals surface area contributed by atoms with Crippen LogP contribution in [0.15, 0.2) is 46.9 Å². The molecule has 1 N–H and O–H groups in total. The van der Waals surface area contributed by atoms with E-state index in [0.717, 1.165) is 16.7 Å². The highest BCUT2D eigenvalue weighted by molar-refractivity contribution is 5.81. The Kier molecular flexibility index (Phi) is 3.22. The van der Waals surface area contributed by atoms with Crippen LogP contribution in [0.25, 0.3) is 22.6 Å². The predicted molar refractivity (Wildman–Crippen MR) is 80.2 cm³/mol. The van der Waals surface area contributed by atoms with Gasteiger partial charge < -0.3 is 9.52 Å². The van der Waals surface area contributed by atoms with Gasteiger partial charge in [-0.15, -0.1) is 0 Å². The van der Waals surface area contributed by atoms with Gasteiger partial charge in [-0.2, -0.15) is 0 Å². The Balaban J connectivity index is 2.09. The van der Waals surface area contributed by atoms with E-state index < -0.39 is 11.9 Å². The highest BCUT2D eigenvalue weighted by Crippen LogP contribution is 2.28. The van der Waals surface area contributed by atoms with Crippen LogP contribution in [0.5, 0.6) is 0 Å². The van der Waals surface area contributed by atoms with E-state index in [1.165, 1.54) is 0 Å². The standard InChI is InChI=1S/C17H15NO3/c1-10-5-3-4-6-13(10)16-18-14-9-12(11(2)17(19)20)7-8-15(14)21-16/h3-9,11H,1-2H3,(H,19,20)/t11-/m0/s1. The summed E-state index contributed by atoms with van der Waals surface area (Å²) in [5, 5.41) is 9.08. The minimum Gasteiger partial charge on any atom is -0.481 e. The molecular weight excluding hydrogens is 266 g/mol. The summed E-state index contributed by atoms with van der Waals surface area (Å²) in [6.45, 7) is 3.66. The smallest absolute Gasteiger partial charge is 0.310 e. The van der Waals surface area contributed by atoms with Crippen LogP contribution in [0.3, 0.4) is 0 Å². The van der Waals surface area contributed by atoms with Gasteiger partial charge in [0.2, 0.25) is 5.89 Å². The van der Waals surface area contributed by atoms with Crippen molar-refractivity contribution in [2.24, 2.45) is 0 Å². The lowest BCUT2D eigenvalue weighted by Gasteiger charge is -2.04. The Morgan fingerprint density at radius 3 is 2.71 bits per heavy atom. The summed E-state index contributed by atoms with van der Waals surface area (Å²) < 4.78 is 5.77. The number of hydrogen-bond acceptors (Lipinski definition) is 3. The number of carboxylic acid groups (broad SMARTS) is 1. The Morgan fingerprint density at radius 2 is 2.00 bits per heavy atom. The number of aromatic nitrogens is 1. The number of fused-ring (bicyclic) bond motifs is 1. The van der Waals surface area contributed by atoms with Gasteiger partial charge in [0, 0.05) is 5.56 Å². The van der Waals surface area contributed by atoms with E-state index in [-0.39, 0.29) is 0 Å². The molecule has 3 aromatic rings. The van der Waals surface area contributed by atoms with Gasteiger partial charge in [0.25, 0.3) is 0 Å². The molecule has 0 unspecified atom stereocenters. The molecule has 0 amide bonds. The fraction of sp³-hybridized carbons (Fsp3) is 0.176. The van der Waals surface area contributed by atoms with Crippen LogP contribution in [0, 0.1) is 6.92 Å². The zero-order valence-corrected chi connectivity index (χ0v) is 11.8. The third kappa shape index (κ3) is 2.40. The van der Waals surface area contributed by atoms with Gasteiger partial charge in [0.15, 0.2) is 5.58 Å². The molecule has 2 aromatic carbocycles. The number of rotatable bonds is 3. The first-order valence-electron chi connectivity index (χ1n) is 6.75. The first-order chi connectivity index (χ1) is 10.1. The van der Waals surface area contributed by atoms with Gasteiger partial charge in [-0.3, -0.25) is 4.79 Å². The quantitative estimate of drug-likeness (QED) is 0.788. The molecule has 1 atom stereocenters. The number of carboxylic acids is 1. The molecule has 1 heterocycles. The molecule has 106 valence electrons. The summed E-state index contributed by atoms with van der Waals surface area (Å²) in [4.78, 5) is 15.5. The van der Waals surface area contributed by atoms with E-state index in [9.17, 15) is 4.79 Å². The van der Waals surface area contributed by atoms with E-state index >= 15 is 0 Å². The molecule has 0 aliphatic carbocycles. The van der Waals surface area contributed by atoms with Crippen molar-refractivity contribution in [2.45, 2.75) is 19.8 Å². The van der Waals surface area contributed by atoms with Crippen molar-refractivity contribution in [1.29, 1.82) is 0 Å². The van der Waals surface area contributed by atoms with Crippen LogP contribution in [0.2, 0.25) is 0 Å². The van der Waals surface area contributed by atoms with Crippen LogP contribution in [-0.4, -0.2) is 16.1 Å². The Morgan fingerprint density at radius 1 is 1.24 bits per heavy atom. The van der Waals surface area contributed by atoms with Crippen molar-refractivity contribution in [3.05, 3.63) is 53.6 Å². The molecular formula is C17H15NO3. The molecule has 0 saturated carbocycles. The summed E-state index contributed by atoms with van der Waals surface area (Å²) in [5.41, 5.74) is 4.10. The molecule has 0 bridgehead atoms. The molecule has 0 saturated heterocycles. The van der Waals surface area contributed by atoms with Crippen molar-refractivity contribution < 1.29 is 14.3 Å². The molecule has 1 aromatic heterocycles. The van der Waals surface area contributed by atoms with Crippen LogP contribution >= 0.6 is 0 Å². The summed E-state index contributed by atoms with van der Waals surface area (Å²) in [6.07, 6.45) is 0. The lowest BCUT2D eigenvalue weighted by Crippen LogP contribution is -2.06. The van der Waals surface area contributed by atoms with Crippen molar-refractivity contribution >= 4 is 17.1 Å². The number of carbonyl (C=O) groups is 1. The first-order valence-corrected chi connectivity index (χ1v) is 6.75. The largest absolute Gasteiger partial charge is 0.481 e. The zero-order chi connectivity index (χ0) is 15.0. The maximum atomic E-state index is 11.1. The van der Waals surface area contributed by atoms with Gasteiger partial charge in [-0.05, 0) is 43.2 Å². The van der Waals surface area contributed by atoms with E-state index in [0.29, 0.717) is 17.0 Å². The zero-order valence-electron chi connectivity index (χ0n) is 11.8. The topological polar surface area (TPSA) is 63.3 Å². The molecule has 3 rings (SSSR count). The van der Waals surface area contributed by atoms with E-state index in [1.54, 1.807) is 25.1 Å². The number of oxazole rings is 1. The Bertz CT molecular complexity index is 820. The molecule has 0 aliphatic rings. The highest BCUT2D eigenvalue weighted by atomic mass is 16.4. The highest BCUT2D eigenvalue weighted by Gasteiger charge is 2.16. The predicted octanol–water partition coefficient (Wildman–Crippen LogP) is 3.99. The first kappa shape index (κ1) is 13.4. The number of aliphatic carboxylic acids is 1. The second-order valence-electron chi connectivity index (χ2n) is 5.12. The van der Waals surface area contributed by atoms with E-state index in [2.05, 4.69) is 4.98 Å². The Hall–Kier alpha value is -2.62. The summed E-state index contributed by atoms with van der Waals surface area (Å²) in [5.74, 6) is -0.854. The minimum absolute atomic E-state index is 0.559. The summed E-state index contributed by atoms with van der Waals surface area (Å²) in [7, 11) is 0. The van der Waals surface area contributed by atoms with Crippen LogP contribution < -0.4 is 0 Å². The number of nitrogens with zero attached hydrogens (tertiary/aromatic N) is 1. The lowest BCUT2D eigenvalue weighted by atomic mass is 10.0. The molecule has 0 spiro atoms. The average molecular weight is 281 g/mol. The van der Waals surface area contributed by atoms with Crippen molar-refractivity contribution in [2.75, 3.05) is 0 Å². The second-order valence-corrected chi connectivity index (χ2v) is 5.12. The van der Waals surface area contributed by atoms with Crippen LogP contribution in [0.1, 0.15) is 24.0 Å². The number of aryl methyl sites for hydroxylation is 1. The maximum absolute atomic E-state index is 11.1. The molecule has 4 heteroatoms. The van der Waals surface area contributed by atoms with Gasteiger partial charge >= 0.3 is 5.97 Å². The van der Waals surface area contributed by atoms with Crippen LogP contribution in [-0.2, 0) is 4.79 Å². The second kappa shape index (κ2) is 5.05. The SMILES string of the molecule is Cc1ccccc1-c1nc2cc([C@H](C)C(=O)O)ccc2o1. The third-order valence-corrected chi connectivity index (χ3v) is 3.66. The third-order valence-electron chi connectivity index (χ3n) is 3.66. The summed E-state index contributed by atoms with van der Waals surface area (Å²) >= 11 is 0.